The van der Waals surface area contributed by atoms with E-state index >= 15 is 0 Å². The molecule has 0 aliphatic heterocycles. The van der Waals surface area contributed by atoms with Gasteiger partial charge < -0.3 is 4.74 Å². The van der Waals surface area contributed by atoms with Crippen molar-refractivity contribution < 1.29 is 13.2 Å². The van der Waals surface area contributed by atoms with Crippen molar-refractivity contribution in [1.82, 2.24) is 10.2 Å². The third kappa shape index (κ3) is 4.27. The van der Waals surface area contributed by atoms with Gasteiger partial charge in [-0.1, -0.05) is 30.0 Å². The number of aryl methyl sites for hydroxylation is 2. The first kappa shape index (κ1) is 18.5. The molecule has 3 rings (SSSR count). The van der Waals surface area contributed by atoms with E-state index in [4.69, 9.17) is 4.74 Å². The summed E-state index contributed by atoms with van der Waals surface area (Å²) in [4.78, 5) is 0.161. The number of aromatic nitrogens is 2. The summed E-state index contributed by atoms with van der Waals surface area (Å²) in [5.41, 5.74) is 2.26. The monoisotopic (exact) mass is 399 g/mol. The lowest BCUT2D eigenvalue weighted by Crippen LogP contribution is -2.15. The lowest BCUT2D eigenvalue weighted by molar-refractivity contribution is 0.401. The van der Waals surface area contributed by atoms with E-state index < -0.39 is 10.0 Å². The van der Waals surface area contributed by atoms with Crippen molar-refractivity contribution in [2.75, 3.05) is 17.6 Å². The third-order valence-corrected chi connectivity index (χ3v) is 7.64. The van der Waals surface area contributed by atoms with E-state index in [2.05, 4.69) is 21.8 Å². The van der Waals surface area contributed by atoms with Gasteiger partial charge in [0, 0.05) is 5.75 Å². The van der Waals surface area contributed by atoms with Gasteiger partial charge >= 0.3 is 0 Å². The van der Waals surface area contributed by atoms with Crippen molar-refractivity contribution in [3.8, 4) is 5.75 Å². The van der Waals surface area contributed by atoms with Crippen LogP contribution in [-0.2, 0) is 22.9 Å². The number of ether oxygens (including phenoxy) is 1. The molecular weight excluding hydrogens is 378 g/mol. The Bertz CT molecular complexity index is 850. The Morgan fingerprint density at radius 3 is 2.64 bits per heavy atom. The molecule has 0 spiro atoms. The van der Waals surface area contributed by atoms with Crippen molar-refractivity contribution in [1.29, 1.82) is 0 Å². The molecule has 1 aliphatic carbocycles. The molecule has 136 valence electrons. The van der Waals surface area contributed by atoms with Gasteiger partial charge in [0.1, 0.15) is 10.6 Å². The number of nitrogens with one attached hydrogen (secondary N) is 1. The van der Waals surface area contributed by atoms with Crippen LogP contribution in [-0.4, -0.2) is 31.5 Å². The summed E-state index contributed by atoms with van der Waals surface area (Å²) >= 11 is 2.82. The first-order valence-corrected chi connectivity index (χ1v) is 11.5. The zero-order valence-corrected chi connectivity index (χ0v) is 16.7. The summed E-state index contributed by atoms with van der Waals surface area (Å²) in [7, 11) is -2.28. The Balaban J connectivity index is 1.87. The van der Waals surface area contributed by atoms with Crippen LogP contribution in [0.1, 0.15) is 37.3 Å². The van der Waals surface area contributed by atoms with Gasteiger partial charge in [-0.25, -0.2) is 8.42 Å². The van der Waals surface area contributed by atoms with Gasteiger partial charge in [-0.15, -0.1) is 10.2 Å². The molecule has 2 aromatic rings. The maximum absolute atomic E-state index is 12.8. The summed E-state index contributed by atoms with van der Waals surface area (Å²) < 4.78 is 34.3. The first-order chi connectivity index (χ1) is 12.0. The fraction of sp³-hybridized carbons (Fsp3) is 0.500. The average molecular weight is 400 g/mol. The summed E-state index contributed by atoms with van der Waals surface area (Å²) in [6, 6.07) is 3.59. The minimum absolute atomic E-state index is 0.161. The molecule has 0 amide bonds. The van der Waals surface area contributed by atoms with Crippen LogP contribution in [0, 0.1) is 0 Å². The molecule has 0 radical (unpaired) electrons. The summed E-state index contributed by atoms with van der Waals surface area (Å²) in [5, 5.41) is 8.23. The van der Waals surface area contributed by atoms with Crippen LogP contribution in [0.15, 0.2) is 21.4 Å². The van der Waals surface area contributed by atoms with Crippen molar-refractivity contribution in [2.45, 2.75) is 48.3 Å². The minimum Gasteiger partial charge on any atom is -0.495 e. The Morgan fingerprint density at radius 1 is 1.24 bits per heavy atom. The van der Waals surface area contributed by atoms with Gasteiger partial charge in [0.05, 0.1) is 7.11 Å². The quantitative estimate of drug-likeness (QED) is 0.715. The molecule has 6 nitrogen and oxygen atoms in total. The highest BCUT2D eigenvalue weighted by Crippen LogP contribution is 2.34. The first-order valence-electron chi connectivity index (χ1n) is 8.22. The van der Waals surface area contributed by atoms with Gasteiger partial charge in [-0.3, -0.25) is 4.72 Å². The van der Waals surface area contributed by atoms with Crippen LogP contribution in [0.3, 0.4) is 0 Å². The predicted octanol–water partition coefficient (Wildman–Crippen LogP) is 3.73. The topological polar surface area (TPSA) is 81.2 Å². The van der Waals surface area contributed by atoms with Crippen molar-refractivity contribution in [3.05, 3.63) is 23.3 Å². The molecule has 1 aromatic heterocycles. The smallest absolute Gasteiger partial charge is 0.267 e. The van der Waals surface area contributed by atoms with Crippen LogP contribution in [0.2, 0.25) is 0 Å². The zero-order valence-electron chi connectivity index (χ0n) is 14.2. The standard InChI is InChI=1S/C16H21N3O3S3/c1-3-8-23-16-18-17-15(24-16)19-25(20,21)14-10-12-7-5-4-6-11(12)9-13(14)22-2/h9-10H,3-8H2,1-2H3,(H,17,19). The number of methoxy groups -OCH3 is 1. The van der Waals surface area contributed by atoms with E-state index in [0.29, 0.717) is 5.75 Å². The van der Waals surface area contributed by atoms with Crippen molar-refractivity contribution in [3.63, 3.8) is 0 Å². The molecule has 0 atom stereocenters. The molecule has 9 heteroatoms. The summed E-state index contributed by atoms with van der Waals surface area (Å²) in [6.07, 6.45) is 5.11. The second-order valence-electron chi connectivity index (χ2n) is 5.81. The second-order valence-corrected chi connectivity index (χ2v) is 9.78. The maximum Gasteiger partial charge on any atom is 0.267 e. The molecule has 1 aromatic carbocycles. The van der Waals surface area contributed by atoms with Crippen molar-refractivity contribution in [2.24, 2.45) is 0 Å². The number of hydrogen-bond donors (Lipinski definition) is 1. The van der Waals surface area contributed by atoms with Crippen LogP contribution in [0.5, 0.6) is 5.75 Å². The fourth-order valence-corrected chi connectivity index (χ4v) is 5.89. The molecule has 0 saturated heterocycles. The van der Waals surface area contributed by atoms with E-state index in [-0.39, 0.29) is 10.0 Å². The third-order valence-electron chi connectivity index (χ3n) is 3.98. The Labute approximate surface area is 156 Å². The molecule has 0 bridgehead atoms. The molecule has 1 aliphatic rings. The molecule has 0 unspecified atom stereocenters. The van der Waals surface area contributed by atoms with Crippen LogP contribution >= 0.6 is 23.1 Å². The van der Waals surface area contributed by atoms with Crippen LogP contribution in [0.4, 0.5) is 5.13 Å². The van der Waals surface area contributed by atoms with E-state index in [1.165, 1.54) is 24.0 Å². The van der Waals surface area contributed by atoms with Gasteiger partial charge in [0.25, 0.3) is 10.0 Å². The van der Waals surface area contributed by atoms with Crippen LogP contribution in [0.25, 0.3) is 0 Å². The number of anilines is 1. The molecule has 1 heterocycles. The maximum atomic E-state index is 12.8. The Morgan fingerprint density at radius 2 is 1.96 bits per heavy atom. The summed E-state index contributed by atoms with van der Waals surface area (Å²) in [5.74, 6) is 1.30. The van der Waals surface area contributed by atoms with E-state index in [1.54, 1.807) is 17.8 Å². The van der Waals surface area contributed by atoms with Gasteiger partial charge in [-0.2, -0.15) is 0 Å². The number of hydrogen-bond acceptors (Lipinski definition) is 7. The fourth-order valence-electron chi connectivity index (χ4n) is 2.78. The Kier molecular flexibility index (Phi) is 5.85. The summed E-state index contributed by atoms with van der Waals surface area (Å²) in [6.45, 7) is 2.08. The van der Waals surface area contributed by atoms with E-state index in [1.807, 2.05) is 6.07 Å². The normalized spacial score (nSPS) is 14.2. The highest BCUT2D eigenvalue weighted by atomic mass is 32.2. The number of thioether (sulfide) groups is 1. The SMILES string of the molecule is CCCSc1nnc(NS(=O)(=O)c2cc3c(cc2OC)CCCC3)s1. The molecular formula is C16H21N3O3S3. The zero-order chi connectivity index (χ0) is 17.9. The van der Waals surface area contributed by atoms with Gasteiger partial charge in [0.15, 0.2) is 4.34 Å². The highest BCUT2D eigenvalue weighted by Gasteiger charge is 2.24. The van der Waals surface area contributed by atoms with Crippen molar-refractivity contribution >= 4 is 38.3 Å². The molecule has 0 fully saturated rings. The number of fused-ring (bicyclic) bond motifs is 1. The predicted molar refractivity (Wildman–Crippen MR) is 101 cm³/mol. The number of benzene rings is 1. The Hall–Kier alpha value is -1.32. The number of rotatable bonds is 7. The second kappa shape index (κ2) is 7.92. The lowest BCUT2D eigenvalue weighted by atomic mass is 9.92. The van der Waals surface area contributed by atoms with Crippen LogP contribution < -0.4 is 9.46 Å². The minimum atomic E-state index is -3.77. The number of sulfonamides is 1. The van der Waals surface area contributed by atoms with E-state index in [9.17, 15) is 8.42 Å². The average Bonchev–Trinajstić information content (AvgIpc) is 3.05. The van der Waals surface area contributed by atoms with Gasteiger partial charge in [0.2, 0.25) is 5.13 Å². The lowest BCUT2D eigenvalue weighted by Gasteiger charge is -2.19. The largest absolute Gasteiger partial charge is 0.495 e. The van der Waals surface area contributed by atoms with E-state index in [0.717, 1.165) is 47.8 Å². The molecule has 1 N–H and O–H groups in total. The van der Waals surface area contributed by atoms with Gasteiger partial charge in [-0.05, 0) is 55.4 Å². The molecule has 25 heavy (non-hydrogen) atoms. The molecule has 0 saturated carbocycles. The highest BCUT2D eigenvalue weighted by molar-refractivity contribution is 8.01. The number of nitrogens with zero attached hydrogens (tertiary/aromatic N) is 2.